The second-order valence-electron chi connectivity index (χ2n) is 1.99. The summed E-state index contributed by atoms with van der Waals surface area (Å²) in [6.45, 7) is 0. The van der Waals surface area contributed by atoms with Gasteiger partial charge in [0.05, 0.1) is 17.3 Å². The van der Waals surface area contributed by atoms with Gasteiger partial charge in [-0.1, -0.05) is 12.8 Å². The van der Waals surface area contributed by atoms with Crippen LogP contribution in [0.1, 0.15) is 0 Å². The first kappa shape index (κ1) is 8.98. The minimum atomic E-state index is -0.740. The van der Waals surface area contributed by atoms with Crippen molar-refractivity contribution in [2.75, 3.05) is 0 Å². The Bertz CT molecular complexity index is 332. The number of nitriles is 2. The zero-order chi connectivity index (χ0) is 9.14. The van der Waals surface area contributed by atoms with E-state index in [0.29, 0.717) is 5.03 Å². The molecular formula is C6H4N4S2. The van der Waals surface area contributed by atoms with Crippen molar-refractivity contribution >= 4 is 31.2 Å². The minimum absolute atomic E-state index is 0.130. The first-order chi connectivity index (χ1) is 5.70. The zero-order valence-corrected chi connectivity index (χ0v) is 7.63. The first-order valence-corrected chi connectivity index (χ1v) is 3.80. The van der Waals surface area contributed by atoms with Gasteiger partial charge < -0.3 is 0 Å². The Morgan fingerprint density at radius 3 is 2.75 bits per heavy atom. The fourth-order valence-corrected chi connectivity index (χ4v) is 1.10. The molecule has 0 aromatic rings. The third kappa shape index (κ3) is 1.40. The van der Waals surface area contributed by atoms with Gasteiger partial charge in [-0.2, -0.15) is 10.5 Å². The van der Waals surface area contributed by atoms with Crippen molar-refractivity contribution in [2.24, 2.45) is 4.99 Å². The van der Waals surface area contributed by atoms with Crippen LogP contribution in [-0.4, -0.2) is 16.1 Å². The van der Waals surface area contributed by atoms with E-state index in [0.717, 1.165) is 0 Å². The summed E-state index contributed by atoms with van der Waals surface area (Å²) in [6, 6.07) is 2.97. The molecule has 0 aliphatic carbocycles. The molecule has 0 aromatic heterocycles. The molecule has 0 saturated carbocycles. The largest absolute Gasteiger partial charge is 0.288 e. The third-order valence-corrected chi connectivity index (χ3v) is 2.23. The van der Waals surface area contributed by atoms with Crippen LogP contribution in [0, 0.1) is 22.7 Å². The Morgan fingerprint density at radius 1 is 1.58 bits per heavy atom. The van der Waals surface area contributed by atoms with Gasteiger partial charge in [0.1, 0.15) is 6.07 Å². The molecule has 0 amide bonds. The molecule has 1 atom stereocenters. The summed E-state index contributed by atoms with van der Waals surface area (Å²) in [5.41, 5.74) is 0.130. The average Bonchev–Trinajstić information content (AvgIpc) is 2.09. The Morgan fingerprint density at radius 2 is 2.25 bits per heavy atom. The highest BCUT2D eigenvalue weighted by atomic mass is 32.1. The minimum Gasteiger partial charge on any atom is -0.288 e. The number of hydrogen-bond acceptors (Lipinski definition) is 6. The first-order valence-electron chi connectivity index (χ1n) is 2.95. The van der Waals surface area contributed by atoms with Crippen molar-refractivity contribution in [1.29, 1.82) is 10.5 Å². The molecule has 1 heterocycles. The van der Waals surface area contributed by atoms with Crippen molar-refractivity contribution in [3.63, 3.8) is 0 Å². The maximum Gasteiger partial charge on any atom is 0.179 e. The summed E-state index contributed by atoms with van der Waals surface area (Å²) in [5, 5.41) is 17.6. The summed E-state index contributed by atoms with van der Waals surface area (Å²) in [5.74, 6) is 0. The lowest BCUT2D eigenvalue weighted by Gasteiger charge is -2.23. The van der Waals surface area contributed by atoms with E-state index < -0.39 is 6.04 Å². The fourth-order valence-electron chi connectivity index (χ4n) is 0.711. The molecule has 6 heteroatoms. The van der Waals surface area contributed by atoms with Crippen LogP contribution in [0.5, 0.6) is 0 Å². The van der Waals surface area contributed by atoms with Gasteiger partial charge in [0.15, 0.2) is 11.8 Å². The van der Waals surface area contributed by atoms with E-state index in [1.54, 1.807) is 0 Å². The Hall–Kier alpha value is -1.11. The topological polar surface area (TPSA) is 63.2 Å². The van der Waals surface area contributed by atoms with Gasteiger partial charge in [-0.15, -0.1) is 12.6 Å². The Kier molecular flexibility index (Phi) is 2.64. The van der Waals surface area contributed by atoms with Crippen LogP contribution in [0.2, 0.25) is 0 Å². The van der Waals surface area contributed by atoms with Crippen molar-refractivity contribution in [2.45, 2.75) is 6.04 Å². The lowest BCUT2D eigenvalue weighted by atomic mass is 10.2. The summed E-state index contributed by atoms with van der Waals surface area (Å²) < 4.78 is 1.29. The molecular weight excluding hydrogens is 192 g/mol. The number of hydrogen-bond donors (Lipinski definition) is 2. The SMILES string of the molecule is N#CC1=NC=C(S)N(S)C1C#N. The molecule has 0 N–H and O–H groups in total. The Labute approximate surface area is 80.8 Å². The normalized spacial score (nSPS) is 22.0. The molecule has 1 aliphatic heterocycles. The van der Waals surface area contributed by atoms with Crippen LogP contribution in [0.4, 0.5) is 0 Å². The van der Waals surface area contributed by atoms with E-state index in [-0.39, 0.29) is 5.71 Å². The standard InChI is InChI=1S/C6H4N4S2/c7-1-4-5(2-8)10(12)6(11)3-9-4/h3,5,11-12H. The molecule has 1 unspecified atom stereocenters. The fraction of sp³-hybridized carbons (Fsp3) is 0.167. The van der Waals surface area contributed by atoms with Gasteiger partial charge in [0, 0.05) is 0 Å². The molecule has 0 radical (unpaired) electrons. The third-order valence-electron chi connectivity index (χ3n) is 1.29. The van der Waals surface area contributed by atoms with Gasteiger partial charge in [-0.05, 0) is 0 Å². The van der Waals surface area contributed by atoms with Crippen LogP contribution in [0.25, 0.3) is 0 Å². The van der Waals surface area contributed by atoms with Gasteiger partial charge in [-0.25, -0.2) is 4.99 Å². The highest BCUT2D eigenvalue weighted by Crippen LogP contribution is 2.20. The monoisotopic (exact) mass is 196 g/mol. The predicted octanol–water partition coefficient (Wildman–Crippen LogP) is 0.732. The second-order valence-corrected chi connectivity index (χ2v) is 2.88. The van der Waals surface area contributed by atoms with E-state index in [4.69, 9.17) is 10.5 Å². The van der Waals surface area contributed by atoms with E-state index >= 15 is 0 Å². The van der Waals surface area contributed by atoms with Crippen molar-refractivity contribution in [1.82, 2.24) is 4.31 Å². The number of aliphatic imine (C=N–C) groups is 1. The van der Waals surface area contributed by atoms with Gasteiger partial charge >= 0.3 is 0 Å². The summed E-state index contributed by atoms with van der Waals surface area (Å²) >= 11 is 7.97. The van der Waals surface area contributed by atoms with Crippen molar-refractivity contribution < 1.29 is 0 Å². The molecule has 0 bridgehead atoms. The summed E-state index contributed by atoms with van der Waals surface area (Å²) in [6.07, 6.45) is 1.38. The molecule has 4 nitrogen and oxygen atoms in total. The predicted molar refractivity (Wildman–Crippen MR) is 50.3 cm³/mol. The quantitative estimate of drug-likeness (QED) is 0.561. The van der Waals surface area contributed by atoms with Crippen LogP contribution >= 0.6 is 25.4 Å². The highest BCUT2D eigenvalue weighted by Gasteiger charge is 2.24. The number of thiol groups is 2. The maximum atomic E-state index is 8.65. The molecule has 1 rings (SSSR count). The molecule has 0 aromatic carbocycles. The van der Waals surface area contributed by atoms with Crippen LogP contribution in [0.3, 0.4) is 0 Å². The lowest BCUT2D eigenvalue weighted by molar-refractivity contribution is 0.620. The molecule has 0 fully saturated rings. The number of rotatable bonds is 0. The lowest BCUT2D eigenvalue weighted by Crippen LogP contribution is -2.33. The molecule has 0 saturated heterocycles. The summed E-state index contributed by atoms with van der Waals surface area (Å²) in [7, 11) is 0. The average molecular weight is 196 g/mol. The van der Waals surface area contributed by atoms with Gasteiger partial charge in [0.25, 0.3) is 0 Å². The molecule has 0 spiro atoms. The van der Waals surface area contributed by atoms with E-state index in [2.05, 4.69) is 30.4 Å². The number of nitrogens with zero attached hydrogens (tertiary/aromatic N) is 4. The molecule has 1 aliphatic rings. The maximum absolute atomic E-state index is 8.65. The van der Waals surface area contributed by atoms with Crippen LogP contribution < -0.4 is 0 Å². The van der Waals surface area contributed by atoms with Crippen LogP contribution in [0.15, 0.2) is 16.2 Å². The van der Waals surface area contributed by atoms with Gasteiger partial charge in [0.2, 0.25) is 0 Å². The van der Waals surface area contributed by atoms with E-state index in [1.807, 2.05) is 12.1 Å². The highest BCUT2D eigenvalue weighted by molar-refractivity contribution is 7.86. The van der Waals surface area contributed by atoms with Gasteiger partial charge in [-0.3, -0.25) is 4.31 Å². The van der Waals surface area contributed by atoms with Crippen molar-refractivity contribution in [3.8, 4) is 12.1 Å². The van der Waals surface area contributed by atoms with E-state index in [9.17, 15) is 0 Å². The second kappa shape index (κ2) is 3.53. The molecule has 60 valence electrons. The molecule has 12 heavy (non-hydrogen) atoms. The van der Waals surface area contributed by atoms with Crippen molar-refractivity contribution in [3.05, 3.63) is 11.2 Å². The van der Waals surface area contributed by atoms with Crippen LogP contribution in [-0.2, 0) is 0 Å². The smallest absolute Gasteiger partial charge is 0.179 e. The summed E-state index contributed by atoms with van der Waals surface area (Å²) in [4.78, 5) is 3.74. The Balaban J connectivity index is 3.05. The zero-order valence-electron chi connectivity index (χ0n) is 5.84. The van der Waals surface area contributed by atoms with E-state index in [1.165, 1.54) is 10.5 Å².